The molecule has 0 radical (unpaired) electrons. The van der Waals surface area contributed by atoms with E-state index in [1.165, 1.54) is 6.42 Å². The summed E-state index contributed by atoms with van der Waals surface area (Å²) in [6, 6.07) is -0.104. The first kappa shape index (κ1) is 11.6. The summed E-state index contributed by atoms with van der Waals surface area (Å²) in [4.78, 5) is 4.39. The molecule has 2 N–H and O–H groups in total. The first-order chi connectivity index (χ1) is 7.73. The van der Waals surface area contributed by atoms with Gasteiger partial charge in [0.05, 0.1) is 11.6 Å². The fraction of sp³-hybridized carbons (Fsp3) is 0.750. The van der Waals surface area contributed by atoms with Gasteiger partial charge in [-0.2, -0.15) is 0 Å². The first-order valence-corrected chi connectivity index (χ1v) is 6.05. The molecular weight excluding hydrogens is 202 g/mol. The van der Waals surface area contributed by atoms with Crippen molar-refractivity contribution in [1.82, 2.24) is 9.55 Å². The fourth-order valence-electron chi connectivity index (χ4n) is 2.43. The van der Waals surface area contributed by atoms with Crippen LogP contribution < -0.4 is 5.73 Å². The Morgan fingerprint density at radius 3 is 2.88 bits per heavy atom. The first-order valence-electron chi connectivity index (χ1n) is 6.05. The van der Waals surface area contributed by atoms with Crippen molar-refractivity contribution >= 4 is 0 Å². The summed E-state index contributed by atoms with van der Waals surface area (Å²) in [5.74, 6) is 0.961. The van der Waals surface area contributed by atoms with Crippen molar-refractivity contribution in [3.05, 3.63) is 18.2 Å². The Balaban J connectivity index is 2.19. The molecule has 90 valence electrons. The molecule has 4 heteroatoms. The van der Waals surface area contributed by atoms with E-state index in [1.54, 1.807) is 7.11 Å². The molecule has 4 nitrogen and oxygen atoms in total. The Morgan fingerprint density at radius 2 is 2.38 bits per heavy atom. The van der Waals surface area contributed by atoms with Crippen LogP contribution in [0.15, 0.2) is 12.4 Å². The lowest BCUT2D eigenvalue weighted by molar-refractivity contribution is -0.0934. The van der Waals surface area contributed by atoms with Crippen molar-refractivity contribution < 1.29 is 4.74 Å². The van der Waals surface area contributed by atoms with Gasteiger partial charge in [0.2, 0.25) is 0 Å². The molecule has 1 aromatic heterocycles. The molecule has 1 aliphatic rings. The van der Waals surface area contributed by atoms with Crippen LogP contribution in [0.3, 0.4) is 0 Å². The SMILES string of the molecule is CCCn1ccnc1C(N)C1(OC)CCC1. The smallest absolute Gasteiger partial charge is 0.128 e. The van der Waals surface area contributed by atoms with Crippen molar-refractivity contribution in [2.45, 2.75) is 50.8 Å². The summed E-state index contributed by atoms with van der Waals surface area (Å²) in [6.07, 6.45) is 8.22. The van der Waals surface area contributed by atoms with E-state index in [0.29, 0.717) is 0 Å². The number of imidazole rings is 1. The van der Waals surface area contributed by atoms with Crippen LogP contribution in [-0.4, -0.2) is 22.3 Å². The highest BCUT2D eigenvalue weighted by molar-refractivity contribution is 5.10. The number of ether oxygens (including phenoxy) is 1. The van der Waals surface area contributed by atoms with Crippen molar-refractivity contribution in [2.75, 3.05) is 7.11 Å². The topological polar surface area (TPSA) is 53.1 Å². The van der Waals surface area contributed by atoms with Gasteiger partial charge in [-0.3, -0.25) is 0 Å². The second-order valence-electron chi connectivity index (χ2n) is 4.58. The monoisotopic (exact) mass is 223 g/mol. The zero-order chi connectivity index (χ0) is 11.6. The Morgan fingerprint density at radius 1 is 1.62 bits per heavy atom. The maximum atomic E-state index is 6.31. The Labute approximate surface area is 96.8 Å². The van der Waals surface area contributed by atoms with Gasteiger partial charge < -0.3 is 15.0 Å². The lowest BCUT2D eigenvalue weighted by Gasteiger charge is -2.44. The van der Waals surface area contributed by atoms with E-state index in [1.807, 2.05) is 12.4 Å². The van der Waals surface area contributed by atoms with Gasteiger partial charge in [-0.15, -0.1) is 0 Å². The van der Waals surface area contributed by atoms with Crippen LogP contribution in [0.2, 0.25) is 0 Å². The number of nitrogens with two attached hydrogens (primary N) is 1. The zero-order valence-electron chi connectivity index (χ0n) is 10.1. The van der Waals surface area contributed by atoms with Gasteiger partial charge in [0.1, 0.15) is 5.82 Å². The molecule has 1 heterocycles. The van der Waals surface area contributed by atoms with Crippen molar-refractivity contribution in [3.63, 3.8) is 0 Å². The molecule has 1 aromatic rings. The second kappa shape index (κ2) is 4.55. The van der Waals surface area contributed by atoms with Gasteiger partial charge in [0.25, 0.3) is 0 Å². The lowest BCUT2D eigenvalue weighted by atomic mass is 9.74. The van der Waals surface area contributed by atoms with Crippen molar-refractivity contribution in [3.8, 4) is 0 Å². The van der Waals surface area contributed by atoms with Gasteiger partial charge >= 0.3 is 0 Å². The summed E-state index contributed by atoms with van der Waals surface area (Å²) in [5, 5.41) is 0. The average molecular weight is 223 g/mol. The van der Waals surface area contributed by atoms with Gasteiger partial charge in [-0.05, 0) is 25.7 Å². The summed E-state index contributed by atoms with van der Waals surface area (Å²) in [7, 11) is 1.76. The molecule has 0 amide bonds. The third kappa shape index (κ3) is 1.76. The summed E-state index contributed by atoms with van der Waals surface area (Å²) in [5.41, 5.74) is 6.14. The number of aromatic nitrogens is 2. The third-order valence-electron chi connectivity index (χ3n) is 3.66. The minimum absolute atomic E-state index is 0.104. The molecule has 1 aliphatic carbocycles. The molecule has 0 aliphatic heterocycles. The van der Waals surface area contributed by atoms with Crippen LogP contribution >= 0.6 is 0 Å². The molecule has 1 fully saturated rings. The normalized spacial score (nSPS) is 20.4. The molecule has 0 aromatic carbocycles. The molecule has 0 saturated heterocycles. The van der Waals surface area contributed by atoms with Crippen LogP contribution in [0.5, 0.6) is 0 Å². The lowest BCUT2D eigenvalue weighted by Crippen LogP contribution is -2.49. The standard InChI is InChI=1S/C12H21N3O/c1-3-8-15-9-7-14-11(15)10(13)12(16-2)5-4-6-12/h7,9-10H,3-6,8,13H2,1-2H3. The highest BCUT2D eigenvalue weighted by Gasteiger charge is 2.45. The largest absolute Gasteiger partial charge is 0.376 e. The van der Waals surface area contributed by atoms with Gasteiger partial charge in [-0.25, -0.2) is 4.98 Å². The van der Waals surface area contributed by atoms with E-state index in [-0.39, 0.29) is 11.6 Å². The molecular formula is C12H21N3O. The van der Waals surface area contributed by atoms with Crippen LogP contribution in [0.25, 0.3) is 0 Å². The number of nitrogens with zero attached hydrogens (tertiary/aromatic N) is 2. The average Bonchev–Trinajstić information content (AvgIpc) is 2.65. The number of hydrogen-bond donors (Lipinski definition) is 1. The van der Waals surface area contributed by atoms with Gasteiger partial charge in [0.15, 0.2) is 0 Å². The predicted molar refractivity (Wildman–Crippen MR) is 63.0 cm³/mol. The highest BCUT2D eigenvalue weighted by atomic mass is 16.5. The van der Waals surface area contributed by atoms with Crippen molar-refractivity contribution in [2.24, 2.45) is 5.73 Å². The predicted octanol–water partition coefficient (Wildman–Crippen LogP) is 1.86. The van der Waals surface area contributed by atoms with E-state index in [9.17, 15) is 0 Å². The Hall–Kier alpha value is -0.870. The third-order valence-corrected chi connectivity index (χ3v) is 3.66. The van der Waals surface area contributed by atoms with Gasteiger partial charge in [0, 0.05) is 26.0 Å². The van der Waals surface area contributed by atoms with Gasteiger partial charge in [-0.1, -0.05) is 6.92 Å². The fourth-order valence-corrected chi connectivity index (χ4v) is 2.43. The summed E-state index contributed by atoms with van der Waals surface area (Å²) < 4.78 is 7.76. The molecule has 0 spiro atoms. The van der Waals surface area contributed by atoms with E-state index in [2.05, 4.69) is 16.5 Å². The van der Waals surface area contributed by atoms with E-state index < -0.39 is 0 Å². The molecule has 16 heavy (non-hydrogen) atoms. The van der Waals surface area contributed by atoms with Crippen LogP contribution in [0.4, 0.5) is 0 Å². The van der Waals surface area contributed by atoms with Crippen LogP contribution in [0.1, 0.15) is 44.5 Å². The molecule has 0 bridgehead atoms. The summed E-state index contributed by atoms with van der Waals surface area (Å²) in [6.45, 7) is 3.13. The maximum absolute atomic E-state index is 6.31. The minimum atomic E-state index is -0.170. The quantitative estimate of drug-likeness (QED) is 0.829. The Bertz CT molecular complexity index is 338. The maximum Gasteiger partial charge on any atom is 0.128 e. The molecule has 1 unspecified atom stereocenters. The summed E-state index contributed by atoms with van der Waals surface area (Å²) >= 11 is 0. The second-order valence-corrected chi connectivity index (χ2v) is 4.58. The Kier molecular flexibility index (Phi) is 3.30. The number of rotatable bonds is 5. The number of hydrogen-bond acceptors (Lipinski definition) is 3. The zero-order valence-corrected chi connectivity index (χ0v) is 10.1. The van der Waals surface area contributed by atoms with Crippen LogP contribution in [0, 0.1) is 0 Å². The van der Waals surface area contributed by atoms with Crippen molar-refractivity contribution in [1.29, 1.82) is 0 Å². The van der Waals surface area contributed by atoms with E-state index >= 15 is 0 Å². The number of methoxy groups -OCH3 is 1. The molecule has 2 rings (SSSR count). The highest BCUT2D eigenvalue weighted by Crippen LogP contribution is 2.43. The van der Waals surface area contributed by atoms with Crippen LogP contribution in [-0.2, 0) is 11.3 Å². The minimum Gasteiger partial charge on any atom is -0.376 e. The van der Waals surface area contributed by atoms with E-state index in [4.69, 9.17) is 10.5 Å². The van der Waals surface area contributed by atoms with E-state index in [0.717, 1.165) is 31.6 Å². The molecule has 1 atom stereocenters. The molecule has 1 saturated carbocycles. The number of aryl methyl sites for hydroxylation is 1.